The standard InChI is InChI=1S/C22H28N2O8S/c1-5-31-16-6-9-18(10-7-16)33(27,28)23-13-12-21(25)32-15(2)22(26)24-19-14-17(29-3)8-11-20(19)30-4/h6-11,14-15,23H,5,12-13H2,1-4H3,(H,24,26). The number of carbonyl (C=O) groups excluding carboxylic acids is 2. The van der Waals surface area contributed by atoms with E-state index in [0.29, 0.717) is 29.5 Å². The molecule has 2 rings (SSSR count). The molecule has 180 valence electrons. The van der Waals surface area contributed by atoms with Crippen molar-refractivity contribution in [1.82, 2.24) is 4.72 Å². The maximum atomic E-state index is 12.4. The van der Waals surface area contributed by atoms with Gasteiger partial charge >= 0.3 is 5.97 Å². The smallest absolute Gasteiger partial charge is 0.307 e. The van der Waals surface area contributed by atoms with Gasteiger partial charge in [-0.15, -0.1) is 0 Å². The molecule has 33 heavy (non-hydrogen) atoms. The van der Waals surface area contributed by atoms with E-state index in [1.54, 1.807) is 30.3 Å². The van der Waals surface area contributed by atoms with Gasteiger partial charge in [-0.2, -0.15) is 0 Å². The van der Waals surface area contributed by atoms with Crippen LogP contribution in [0.15, 0.2) is 47.4 Å². The molecule has 2 aromatic rings. The third kappa shape index (κ3) is 7.65. The molecule has 0 saturated carbocycles. The summed E-state index contributed by atoms with van der Waals surface area (Å²) in [4.78, 5) is 24.5. The van der Waals surface area contributed by atoms with E-state index in [-0.39, 0.29) is 17.9 Å². The number of carbonyl (C=O) groups is 2. The number of methoxy groups -OCH3 is 2. The largest absolute Gasteiger partial charge is 0.497 e. The summed E-state index contributed by atoms with van der Waals surface area (Å²) < 4.78 is 47.7. The van der Waals surface area contributed by atoms with Crippen molar-refractivity contribution in [3.8, 4) is 17.2 Å². The van der Waals surface area contributed by atoms with Crippen molar-refractivity contribution in [2.24, 2.45) is 0 Å². The molecule has 0 aromatic heterocycles. The molecule has 0 fully saturated rings. The molecule has 0 saturated heterocycles. The van der Waals surface area contributed by atoms with Crippen molar-refractivity contribution in [3.63, 3.8) is 0 Å². The van der Waals surface area contributed by atoms with E-state index >= 15 is 0 Å². The molecular weight excluding hydrogens is 452 g/mol. The van der Waals surface area contributed by atoms with Gasteiger partial charge in [0, 0.05) is 12.6 Å². The zero-order chi connectivity index (χ0) is 24.4. The average Bonchev–Trinajstić information content (AvgIpc) is 2.79. The van der Waals surface area contributed by atoms with Crippen molar-refractivity contribution < 1.29 is 37.0 Å². The van der Waals surface area contributed by atoms with E-state index in [2.05, 4.69) is 10.0 Å². The topological polar surface area (TPSA) is 129 Å². The molecule has 11 heteroatoms. The summed E-state index contributed by atoms with van der Waals surface area (Å²) in [5.74, 6) is 0.162. The van der Waals surface area contributed by atoms with Gasteiger partial charge < -0.3 is 24.3 Å². The second kappa shape index (κ2) is 12.1. The first-order valence-electron chi connectivity index (χ1n) is 10.1. The number of sulfonamides is 1. The third-order valence-corrected chi connectivity index (χ3v) is 5.89. The first kappa shape index (κ1) is 25.9. The quantitative estimate of drug-likeness (QED) is 0.443. The molecule has 0 spiro atoms. The summed E-state index contributed by atoms with van der Waals surface area (Å²) in [6.07, 6.45) is -1.37. The fraction of sp³-hybridized carbons (Fsp3) is 0.364. The van der Waals surface area contributed by atoms with E-state index in [0.717, 1.165) is 0 Å². The minimum Gasteiger partial charge on any atom is -0.497 e. The lowest BCUT2D eigenvalue weighted by Crippen LogP contribution is -2.32. The molecule has 0 radical (unpaired) electrons. The summed E-state index contributed by atoms with van der Waals surface area (Å²) in [5.41, 5.74) is 0.355. The first-order valence-corrected chi connectivity index (χ1v) is 11.6. The van der Waals surface area contributed by atoms with Gasteiger partial charge in [-0.05, 0) is 50.2 Å². The molecule has 0 bridgehead atoms. The fourth-order valence-corrected chi connectivity index (χ4v) is 3.74. The summed E-state index contributed by atoms with van der Waals surface area (Å²) in [6.45, 7) is 3.51. The summed E-state index contributed by atoms with van der Waals surface area (Å²) >= 11 is 0. The van der Waals surface area contributed by atoms with Crippen molar-refractivity contribution in [2.75, 3.05) is 32.7 Å². The van der Waals surface area contributed by atoms with Crippen LogP contribution in [0.25, 0.3) is 0 Å². The van der Waals surface area contributed by atoms with E-state index in [9.17, 15) is 18.0 Å². The van der Waals surface area contributed by atoms with Crippen LogP contribution >= 0.6 is 0 Å². The Balaban J connectivity index is 1.85. The SMILES string of the molecule is CCOc1ccc(S(=O)(=O)NCCC(=O)OC(C)C(=O)Nc2cc(OC)ccc2OC)cc1. The molecule has 0 aliphatic heterocycles. The normalized spacial score (nSPS) is 11.9. The van der Waals surface area contributed by atoms with Gasteiger partial charge in [0.2, 0.25) is 10.0 Å². The second-order valence-electron chi connectivity index (χ2n) is 6.74. The minimum absolute atomic E-state index is 0.0410. The van der Waals surface area contributed by atoms with Gasteiger partial charge in [-0.25, -0.2) is 13.1 Å². The van der Waals surface area contributed by atoms with Crippen molar-refractivity contribution in [3.05, 3.63) is 42.5 Å². The molecule has 2 aromatic carbocycles. The highest BCUT2D eigenvalue weighted by atomic mass is 32.2. The van der Waals surface area contributed by atoms with Crippen LogP contribution in [0.1, 0.15) is 20.3 Å². The first-order chi connectivity index (χ1) is 15.7. The lowest BCUT2D eigenvalue weighted by atomic mass is 10.2. The van der Waals surface area contributed by atoms with Gasteiger partial charge in [0.05, 0.1) is 37.8 Å². The highest BCUT2D eigenvalue weighted by Gasteiger charge is 2.20. The Morgan fingerprint density at radius 1 is 1.00 bits per heavy atom. The molecular formula is C22H28N2O8S. The number of nitrogens with one attached hydrogen (secondary N) is 2. The van der Waals surface area contributed by atoms with E-state index in [1.165, 1.54) is 33.3 Å². The van der Waals surface area contributed by atoms with Gasteiger partial charge in [-0.1, -0.05) is 0 Å². The Labute approximate surface area is 193 Å². The number of ether oxygens (including phenoxy) is 4. The van der Waals surface area contributed by atoms with Crippen LogP contribution in [0.3, 0.4) is 0 Å². The molecule has 1 unspecified atom stereocenters. The van der Waals surface area contributed by atoms with Gasteiger partial charge in [0.25, 0.3) is 5.91 Å². The molecule has 0 heterocycles. The zero-order valence-corrected chi connectivity index (χ0v) is 19.7. The van der Waals surface area contributed by atoms with Gasteiger partial charge in [-0.3, -0.25) is 9.59 Å². The number of hydrogen-bond acceptors (Lipinski definition) is 8. The Kier molecular flexibility index (Phi) is 9.49. The number of benzene rings is 2. The summed E-state index contributed by atoms with van der Waals surface area (Å²) in [7, 11) is -0.864. The fourth-order valence-electron chi connectivity index (χ4n) is 2.71. The van der Waals surface area contributed by atoms with E-state index in [1.807, 2.05) is 6.92 Å². The van der Waals surface area contributed by atoms with E-state index < -0.39 is 28.0 Å². The van der Waals surface area contributed by atoms with Crippen LogP contribution in [0.2, 0.25) is 0 Å². The highest BCUT2D eigenvalue weighted by molar-refractivity contribution is 7.89. The van der Waals surface area contributed by atoms with E-state index in [4.69, 9.17) is 18.9 Å². The van der Waals surface area contributed by atoms with Crippen LogP contribution in [0, 0.1) is 0 Å². The Morgan fingerprint density at radius 2 is 1.67 bits per heavy atom. The minimum atomic E-state index is -3.81. The Morgan fingerprint density at radius 3 is 2.27 bits per heavy atom. The average molecular weight is 481 g/mol. The van der Waals surface area contributed by atoms with Crippen LogP contribution in [-0.4, -0.2) is 53.8 Å². The second-order valence-corrected chi connectivity index (χ2v) is 8.51. The maximum absolute atomic E-state index is 12.4. The van der Waals surface area contributed by atoms with Gasteiger partial charge in [0.15, 0.2) is 6.10 Å². The monoisotopic (exact) mass is 480 g/mol. The molecule has 2 N–H and O–H groups in total. The Bertz CT molecular complexity index is 1050. The lowest BCUT2D eigenvalue weighted by molar-refractivity contribution is -0.152. The number of esters is 1. The summed E-state index contributed by atoms with van der Waals surface area (Å²) in [5, 5.41) is 2.61. The predicted octanol–water partition coefficient (Wildman–Crippen LogP) is 2.34. The van der Waals surface area contributed by atoms with Crippen molar-refractivity contribution in [2.45, 2.75) is 31.3 Å². The van der Waals surface area contributed by atoms with Crippen LogP contribution < -0.4 is 24.2 Å². The van der Waals surface area contributed by atoms with Crippen LogP contribution in [0.5, 0.6) is 17.2 Å². The zero-order valence-electron chi connectivity index (χ0n) is 18.9. The molecule has 0 aliphatic carbocycles. The Hall–Kier alpha value is -3.31. The lowest BCUT2D eigenvalue weighted by Gasteiger charge is -2.16. The highest BCUT2D eigenvalue weighted by Crippen LogP contribution is 2.29. The van der Waals surface area contributed by atoms with Crippen LogP contribution in [0.4, 0.5) is 5.69 Å². The third-order valence-electron chi connectivity index (χ3n) is 4.41. The van der Waals surface area contributed by atoms with Crippen molar-refractivity contribution in [1.29, 1.82) is 0 Å². The number of anilines is 1. The predicted molar refractivity (Wildman–Crippen MR) is 121 cm³/mol. The van der Waals surface area contributed by atoms with Crippen molar-refractivity contribution >= 4 is 27.6 Å². The molecule has 1 amide bonds. The number of rotatable bonds is 12. The molecule has 10 nitrogen and oxygen atoms in total. The van der Waals surface area contributed by atoms with Gasteiger partial charge in [0.1, 0.15) is 17.2 Å². The maximum Gasteiger partial charge on any atom is 0.307 e. The molecule has 1 atom stereocenters. The van der Waals surface area contributed by atoms with Crippen LogP contribution in [-0.2, 0) is 24.3 Å². The summed E-state index contributed by atoms with van der Waals surface area (Å²) in [6, 6.07) is 10.8. The number of hydrogen-bond donors (Lipinski definition) is 2. The molecule has 0 aliphatic rings. The number of amides is 1.